The Morgan fingerprint density at radius 2 is 1.44 bits per heavy atom. The number of nitrogens with zero attached hydrogens (tertiary/aromatic N) is 1. The average Bonchev–Trinajstić information content (AvgIpc) is 3.01. The first-order valence-electron chi connectivity index (χ1n) is 15.5. The summed E-state index contributed by atoms with van der Waals surface area (Å²) in [5.41, 5.74) is 2.38. The Hall–Kier alpha value is -4.71. The number of hydrogen-bond acceptors (Lipinski definition) is 6. The van der Waals surface area contributed by atoms with Gasteiger partial charge in [-0.25, -0.2) is 4.79 Å². The van der Waals surface area contributed by atoms with Gasteiger partial charge >= 0.3 is 6.03 Å². The van der Waals surface area contributed by atoms with Gasteiger partial charge in [-0.15, -0.1) is 0 Å². The number of nitrogens with one attached hydrogen (secondary N) is 3. The van der Waals surface area contributed by atoms with E-state index in [1.54, 1.807) is 0 Å². The lowest BCUT2D eigenvalue weighted by Gasteiger charge is -2.31. The van der Waals surface area contributed by atoms with Crippen LogP contribution in [0.4, 0.5) is 10.5 Å². The van der Waals surface area contributed by atoms with Crippen LogP contribution in [-0.4, -0.2) is 29.6 Å². The van der Waals surface area contributed by atoms with Gasteiger partial charge in [-0.05, 0) is 72.4 Å². The Labute approximate surface area is 266 Å². The zero-order chi connectivity index (χ0) is 33.4. The van der Waals surface area contributed by atoms with Crippen molar-refractivity contribution in [3.05, 3.63) is 82.7 Å². The second-order valence-corrected chi connectivity index (χ2v) is 12.5. The van der Waals surface area contributed by atoms with E-state index in [1.807, 2.05) is 25.1 Å². The molecular formula is C36H44N4O5. The van der Waals surface area contributed by atoms with Crippen molar-refractivity contribution >= 4 is 29.2 Å². The normalized spacial score (nSPS) is 14.1. The van der Waals surface area contributed by atoms with E-state index in [0.29, 0.717) is 23.4 Å². The van der Waals surface area contributed by atoms with Gasteiger partial charge in [-0.3, -0.25) is 14.4 Å². The van der Waals surface area contributed by atoms with Crippen LogP contribution in [-0.2, 0) is 25.2 Å². The number of urea groups is 1. The van der Waals surface area contributed by atoms with Crippen molar-refractivity contribution in [1.82, 2.24) is 10.6 Å². The van der Waals surface area contributed by atoms with E-state index in [4.69, 9.17) is 10.00 Å². The Bertz CT molecular complexity index is 1540. The molecule has 0 bridgehead atoms. The molecule has 3 rings (SSSR count). The lowest BCUT2D eigenvalue weighted by atomic mass is 9.76. The van der Waals surface area contributed by atoms with Crippen molar-refractivity contribution in [2.75, 3.05) is 5.32 Å². The van der Waals surface area contributed by atoms with E-state index in [-0.39, 0.29) is 22.2 Å². The number of anilines is 1. The third-order valence-electron chi connectivity index (χ3n) is 8.50. The summed E-state index contributed by atoms with van der Waals surface area (Å²) in [5.74, 6) is -1.19. The predicted molar refractivity (Wildman–Crippen MR) is 175 cm³/mol. The first kappa shape index (κ1) is 34.8. The zero-order valence-corrected chi connectivity index (χ0v) is 27.3. The van der Waals surface area contributed by atoms with E-state index in [0.717, 1.165) is 43.4 Å². The highest BCUT2D eigenvalue weighted by Gasteiger charge is 2.31. The Morgan fingerprint density at radius 3 is 2.00 bits per heavy atom. The molecule has 2 aromatic rings. The van der Waals surface area contributed by atoms with Gasteiger partial charge in [0.05, 0.1) is 23.0 Å². The van der Waals surface area contributed by atoms with Crippen LogP contribution in [0.2, 0.25) is 0 Å². The maximum absolute atomic E-state index is 13.5. The molecule has 1 aliphatic rings. The number of ketones is 2. The fourth-order valence-corrected chi connectivity index (χ4v) is 4.64. The maximum Gasteiger partial charge on any atom is 0.323 e. The molecule has 1 atom stereocenters. The summed E-state index contributed by atoms with van der Waals surface area (Å²) < 4.78 is 6.41. The molecule has 0 aromatic heterocycles. The number of benzene rings is 2. The van der Waals surface area contributed by atoms with Crippen LogP contribution < -0.4 is 20.7 Å². The van der Waals surface area contributed by atoms with Crippen LogP contribution in [0.3, 0.4) is 0 Å². The quantitative estimate of drug-likeness (QED) is 0.215. The molecule has 45 heavy (non-hydrogen) atoms. The Balaban J connectivity index is 1.77. The molecule has 0 radical (unpaired) electrons. The van der Waals surface area contributed by atoms with Crippen molar-refractivity contribution in [3.8, 4) is 11.8 Å². The van der Waals surface area contributed by atoms with Gasteiger partial charge in [0.25, 0.3) is 5.91 Å². The molecule has 2 aromatic carbocycles. The highest BCUT2D eigenvalue weighted by molar-refractivity contribution is 6.21. The number of nitriles is 1. The minimum atomic E-state index is -0.896. The number of carbonyl (C=O) groups is 4. The molecule has 238 valence electrons. The van der Waals surface area contributed by atoms with Gasteiger partial charge in [0.15, 0.2) is 6.10 Å². The SMILES string of the molecule is CCCC[C@@H](Oc1ccc(C(C)(C)CC)cc1C(C)(C)CC)C(=O)NC1=CC(=O)C(NC(=O)Nc2ccc(C#N)cc2)=CC1=O. The van der Waals surface area contributed by atoms with Crippen LogP contribution in [0.15, 0.2) is 66.0 Å². The summed E-state index contributed by atoms with van der Waals surface area (Å²) in [5, 5.41) is 16.4. The smallest absolute Gasteiger partial charge is 0.323 e. The second-order valence-electron chi connectivity index (χ2n) is 12.5. The molecule has 3 amide bonds. The fraction of sp³-hybridized carbons (Fsp3) is 0.417. The minimum absolute atomic E-state index is 0.0258. The number of carbonyl (C=O) groups excluding carboxylic acids is 4. The van der Waals surface area contributed by atoms with Gasteiger partial charge in [0.2, 0.25) is 11.6 Å². The van der Waals surface area contributed by atoms with Crippen LogP contribution in [0, 0.1) is 11.3 Å². The maximum atomic E-state index is 13.5. The van der Waals surface area contributed by atoms with Gasteiger partial charge in [-0.1, -0.05) is 67.0 Å². The third kappa shape index (κ3) is 8.91. The van der Waals surface area contributed by atoms with Gasteiger partial charge in [-0.2, -0.15) is 5.26 Å². The number of rotatable bonds is 13. The summed E-state index contributed by atoms with van der Waals surface area (Å²) in [6, 6.07) is 13.6. The number of ether oxygens (including phenoxy) is 1. The standard InChI is InChI=1S/C36H44N4O5/c1-8-11-12-32(45-31-18-15-24(35(4,5)9-2)19-26(31)36(6,7)10-3)33(43)39-27-20-30(42)28(21-29(27)41)40-34(44)38-25-16-13-23(22-37)14-17-25/h13-21,32H,8-12H2,1-7H3,(H,39,43)(H2,38,40,44)/t32-/m1/s1. The van der Waals surface area contributed by atoms with Crippen molar-refractivity contribution in [3.63, 3.8) is 0 Å². The van der Waals surface area contributed by atoms with E-state index in [9.17, 15) is 19.2 Å². The monoisotopic (exact) mass is 612 g/mol. The van der Waals surface area contributed by atoms with Crippen molar-refractivity contribution in [2.24, 2.45) is 0 Å². The molecular weight excluding hydrogens is 568 g/mol. The minimum Gasteiger partial charge on any atom is -0.480 e. The largest absolute Gasteiger partial charge is 0.480 e. The summed E-state index contributed by atoms with van der Waals surface area (Å²) in [4.78, 5) is 51.7. The topological polar surface area (TPSA) is 137 Å². The summed E-state index contributed by atoms with van der Waals surface area (Å²) in [7, 11) is 0. The molecule has 0 spiro atoms. The van der Waals surface area contributed by atoms with E-state index in [1.165, 1.54) is 29.8 Å². The summed E-state index contributed by atoms with van der Waals surface area (Å²) in [6.07, 6.45) is 4.90. The lowest BCUT2D eigenvalue weighted by molar-refractivity contribution is -0.128. The van der Waals surface area contributed by atoms with Crippen molar-refractivity contribution in [2.45, 2.75) is 97.5 Å². The molecule has 9 heteroatoms. The van der Waals surface area contributed by atoms with Crippen LogP contribution >= 0.6 is 0 Å². The third-order valence-corrected chi connectivity index (χ3v) is 8.50. The number of amides is 3. The van der Waals surface area contributed by atoms with Crippen molar-refractivity contribution in [1.29, 1.82) is 5.26 Å². The Morgan fingerprint density at radius 1 is 0.844 bits per heavy atom. The van der Waals surface area contributed by atoms with Crippen LogP contribution in [0.25, 0.3) is 0 Å². The molecule has 3 N–H and O–H groups in total. The summed E-state index contributed by atoms with van der Waals surface area (Å²) >= 11 is 0. The van der Waals surface area contributed by atoms with Gasteiger partial charge in [0.1, 0.15) is 5.75 Å². The van der Waals surface area contributed by atoms with Gasteiger partial charge < -0.3 is 20.7 Å². The first-order valence-corrected chi connectivity index (χ1v) is 15.5. The van der Waals surface area contributed by atoms with E-state index >= 15 is 0 Å². The molecule has 0 aliphatic heterocycles. The van der Waals surface area contributed by atoms with Gasteiger partial charge in [0, 0.05) is 23.4 Å². The molecule has 9 nitrogen and oxygen atoms in total. The van der Waals surface area contributed by atoms with E-state index < -0.39 is 29.6 Å². The van der Waals surface area contributed by atoms with E-state index in [2.05, 4.69) is 63.6 Å². The molecule has 0 saturated carbocycles. The summed E-state index contributed by atoms with van der Waals surface area (Å²) in [6.45, 7) is 15.0. The Kier molecular flexibility index (Phi) is 11.5. The second kappa shape index (κ2) is 14.8. The highest BCUT2D eigenvalue weighted by Crippen LogP contribution is 2.39. The number of unbranched alkanes of at least 4 members (excludes halogenated alkanes) is 1. The first-order chi connectivity index (χ1) is 21.2. The molecule has 0 heterocycles. The zero-order valence-electron chi connectivity index (χ0n) is 27.3. The highest BCUT2D eigenvalue weighted by atomic mass is 16.5. The van der Waals surface area contributed by atoms with Crippen LogP contribution in [0.5, 0.6) is 5.75 Å². The molecule has 0 unspecified atom stereocenters. The van der Waals surface area contributed by atoms with Crippen LogP contribution in [0.1, 0.15) is 97.3 Å². The molecule has 1 aliphatic carbocycles. The lowest BCUT2D eigenvalue weighted by Crippen LogP contribution is -2.41. The average molecular weight is 613 g/mol. The van der Waals surface area contributed by atoms with Crippen molar-refractivity contribution < 1.29 is 23.9 Å². The molecule has 0 saturated heterocycles. The predicted octanol–water partition coefficient (Wildman–Crippen LogP) is 6.73. The molecule has 0 fully saturated rings. The fourth-order valence-electron chi connectivity index (χ4n) is 4.64. The number of hydrogen-bond donors (Lipinski definition) is 3. The number of allylic oxidation sites excluding steroid dienone is 2.